The van der Waals surface area contributed by atoms with Gasteiger partial charge in [-0.25, -0.2) is 0 Å². The van der Waals surface area contributed by atoms with Crippen LogP contribution in [0.5, 0.6) is 0 Å². The van der Waals surface area contributed by atoms with Crippen molar-refractivity contribution in [3.63, 3.8) is 0 Å². The molecule has 0 unspecified atom stereocenters. The third kappa shape index (κ3) is 3.04. The minimum Gasteiger partial charge on any atom is -0.379 e. The quantitative estimate of drug-likeness (QED) is 0.663. The highest BCUT2D eigenvalue weighted by molar-refractivity contribution is 7.54. The Morgan fingerprint density at radius 2 is 1.86 bits per heavy atom. The van der Waals surface area contributed by atoms with Crippen molar-refractivity contribution in [1.29, 1.82) is 0 Å². The summed E-state index contributed by atoms with van der Waals surface area (Å²) >= 11 is 0. The van der Waals surface area contributed by atoms with Gasteiger partial charge in [0.2, 0.25) is 0 Å². The Bertz CT molecular complexity index is 204. The molecule has 0 amide bonds. The largest absolute Gasteiger partial charge is 0.379 e. The van der Waals surface area contributed by atoms with Crippen LogP contribution in [0.1, 0.15) is 20.3 Å². The van der Waals surface area contributed by atoms with E-state index in [9.17, 15) is 9.67 Å². The SMILES string of the molecule is CC[C@H](C)[C@H](N)[C@@H](O)P(=O)(OC)OC. The molecule has 14 heavy (non-hydrogen) atoms. The molecular weight excluding hydrogens is 205 g/mol. The fourth-order valence-corrected chi connectivity index (χ4v) is 2.36. The third-order valence-electron chi connectivity index (χ3n) is 2.48. The minimum atomic E-state index is -3.46. The molecule has 0 aromatic heterocycles. The second kappa shape index (κ2) is 5.83. The molecular formula is C8H20NO4P. The molecule has 0 heterocycles. The van der Waals surface area contributed by atoms with Gasteiger partial charge in [0.1, 0.15) is 0 Å². The molecule has 86 valence electrons. The van der Waals surface area contributed by atoms with Crippen molar-refractivity contribution >= 4 is 7.60 Å². The lowest BCUT2D eigenvalue weighted by Crippen LogP contribution is -2.40. The highest BCUT2D eigenvalue weighted by atomic mass is 31.2. The number of aliphatic hydroxyl groups is 1. The second-order valence-electron chi connectivity index (χ2n) is 3.28. The first kappa shape index (κ1) is 14.1. The Kier molecular flexibility index (Phi) is 5.86. The molecule has 3 atom stereocenters. The maximum absolute atomic E-state index is 11.7. The van der Waals surface area contributed by atoms with Gasteiger partial charge in [-0.05, 0) is 5.92 Å². The van der Waals surface area contributed by atoms with E-state index in [0.717, 1.165) is 6.42 Å². The summed E-state index contributed by atoms with van der Waals surface area (Å²) in [6, 6.07) is -0.606. The average molecular weight is 225 g/mol. The van der Waals surface area contributed by atoms with Gasteiger partial charge < -0.3 is 19.9 Å². The van der Waals surface area contributed by atoms with Crippen LogP contribution in [0, 0.1) is 5.92 Å². The molecule has 0 aromatic rings. The normalized spacial score (nSPS) is 19.0. The number of nitrogens with two attached hydrogens (primary N) is 1. The van der Waals surface area contributed by atoms with E-state index in [1.165, 1.54) is 14.2 Å². The molecule has 0 aliphatic rings. The van der Waals surface area contributed by atoms with Crippen molar-refractivity contribution in [3.8, 4) is 0 Å². The highest BCUT2D eigenvalue weighted by Gasteiger charge is 2.38. The van der Waals surface area contributed by atoms with Crippen molar-refractivity contribution < 1.29 is 18.7 Å². The smallest absolute Gasteiger partial charge is 0.359 e. The first-order valence-corrected chi connectivity index (χ1v) is 6.19. The van der Waals surface area contributed by atoms with Gasteiger partial charge in [-0.1, -0.05) is 20.3 Å². The summed E-state index contributed by atoms with van der Waals surface area (Å²) in [7, 11) is -0.999. The lowest BCUT2D eigenvalue weighted by atomic mass is 10.0. The van der Waals surface area contributed by atoms with E-state index in [4.69, 9.17) is 5.73 Å². The molecule has 0 aromatic carbocycles. The van der Waals surface area contributed by atoms with E-state index < -0.39 is 19.5 Å². The van der Waals surface area contributed by atoms with Crippen LogP contribution in [-0.4, -0.2) is 31.2 Å². The maximum atomic E-state index is 11.7. The standard InChI is InChI=1S/C8H20NO4P/c1-5-6(2)7(9)8(10)14(11,12-3)13-4/h6-8,10H,5,9H2,1-4H3/t6-,7-,8-/m0/s1. The van der Waals surface area contributed by atoms with E-state index in [-0.39, 0.29) is 5.92 Å². The summed E-state index contributed by atoms with van der Waals surface area (Å²) in [6.45, 7) is 3.82. The maximum Gasteiger partial charge on any atom is 0.359 e. The van der Waals surface area contributed by atoms with Crippen molar-refractivity contribution in [2.45, 2.75) is 32.2 Å². The van der Waals surface area contributed by atoms with Gasteiger partial charge in [0, 0.05) is 20.3 Å². The van der Waals surface area contributed by atoms with E-state index in [2.05, 4.69) is 9.05 Å². The average Bonchev–Trinajstić information content (AvgIpc) is 2.24. The molecule has 0 radical (unpaired) electrons. The molecule has 0 fully saturated rings. The van der Waals surface area contributed by atoms with Crippen molar-refractivity contribution in [1.82, 2.24) is 0 Å². The number of hydrogen-bond acceptors (Lipinski definition) is 5. The summed E-state index contributed by atoms with van der Waals surface area (Å²) in [5.74, 6) is -1.21. The van der Waals surface area contributed by atoms with Gasteiger partial charge in [-0.3, -0.25) is 4.57 Å². The third-order valence-corrected chi connectivity index (χ3v) is 4.49. The predicted octanol–water partition coefficient (Wildman–Crippen LogP) is 1.16. The lowest BCUT2D eigenvalue weighted by Gasteiger charge is -2.28. The predicted molar refractivity (Wildman–Crippen MR) is 55.1 cm³/mol. The second-order valence-corrected chi connectivity index (χ2v) is 5.62. The Morgan fingerprint density at radius 3 is 2.14 bits per heavy atom. The molecule has 0 spiro atoms. The zero-order valence-corrected chi connectivity index (χ0v) is 10.0. The van der Waals surface area contributed by atoms with Crippen molar-refractivity contribution in [2.24, 2.45) is 11.7 Å². The van der Waals surface area contributed by atoms with Crippen molar-refractivity contribution in [2.75, 3.05) is 14.2 Å². The lowest BCUT2D eigenvalue weighted by molar-refractivity contribution is 0.136. The molecule has 0 saturated carbocycles. The molecule has 0 saturated heterocycles. The van der Waals surface area contributed by atoms with Crippen LogP contribution in [0.15, 0.2) is 0 Å². The Hall–Kier alpha value is 0.0700. The number of hydrogen-bond donors (Lipinski definition) is 2. The summed E-state index contributed by atoms with van der Waals surface area (Å²) in [5, 5.41) is 9.70. The Labute approximate surface area is 85.1 Å². The summed E-state index contributed by atoms with van der Waals surface area (Å²) < 4.78 is 21.1. The van der Waals surface area contributed by atoms with Crippen LogP contribution in [0.25, 0.3) is 0 Å². The van der Waals surface area contributed by atoms with Crippen LogP contribution in [0.3, 0.4) is 0 Å². The van der Waals surface area contributed by atoms with Gasteiger partial charge in [-0.2, -0.15) is 0 Å². The fraction of sp³-hybridized carbons (Fsp3) is 1.00. The van der Waals surface area contributed by atoms with Crippen LogP contribution in [-0.2, 0) is 13.6 Å². The molecule has 5 nitrogen and oxygen atoms in total. The van der Waals surface area contributed by atoms with Crippen LogP contribution in [0.4, 0.5) is 0 Å². The van der Waals surface area contributed by atoms with E-state index in [1.807, 2.05) is 13.8 Å². The minimum absolute atomic E-state index is 0.0589. The van der Waals surface area contributed by atoms with Gasteiger partial charge >= 0.3 is 7.60 Å². The topological polar surface area (TPSA) is 81.8 Å². The van der Waals surface area contributed by atoms with Crippen LogP contribution in [0.2, 0.25) is 0 Å². The molecule has 3 N–H and O–H groups in total. The summed E-state index contributed by atoms with van der Waals surface area (Å²) in [6.07, 6.45) is 0.797. The van der Waals surface area contributed by atoms with E-state index >= 15 is 0 Å². The monoisotopic (exact) mass is 225 g/mol. The first-order chi connectivity index (χ1) is 6.42. The molecule has 0 aliphatic carbocycles. The van der Waals surface area contributed by atoms with Gasteiger partial charge in [0.15, 0.2) is 5.85 Å². The van der Waals surface area contributed by atoms with Crippen LogP contribution >= 0.6 is 7.60 Å². The molecule has 6 heteroatoms. The fourth-order valence-electron chi connectivity index (χ4n) is 1.07. The molecule has 0 bridgehead atoms. The van der Waals surface area contributed by atoms with E-state index in [1.54, 1.807) is 0 Å². The Balaban J connectivity index is 4.58. The molecule has 0 aliphatic heterocycles. The highest BCUT2D eigenvalue weighted by Crippen LogP contribution is 2.52. The van der Waals surface area contributed by atoms with Gasteiger partial charge in [0.05, 0.1) is 0 Å². The zero-order chi connectivity index (χ0) is 11.4. The van der Waals surface area contributed by atoms with Crippen LogP contribution < -0.4 is 5.73 Å². The molecule has 0 rings (SSSR count). The summed E-state index contributed by atoms with van der Waals surface area (Å²) in [5.41, 5.74) is 5.73. The zero-order valence-electron chi connectivity index (χ0n) is 9.14. The Morgan fingerprint density at radius 1 is 1.43 bits per heavy atom. The van der Waals surface area contributed by atoms with E-state index in [0.29, 0.717) is 0 Å². The number of rotatable bonds is 6. The van der Waals surface area contributed by atoms with Gasteiger partial charge in [-0.15, -0.1) is 0 Å². The van der Waals surface area contributed by atoms with Crippen molar-refractivity contribution in [3.05, 3.63) is 0 Å². The summed E-state index contributed by atoms with van der Waals surface area (Å²) in [4.78, 5) is 0. The van der Waals surface area contributed by atoms with Gasteiger partial charge in [0.25, 0.3) is 0 Å². The first-order valence-electron chi connectivity index (χ1n) is 4.57. The number of aliphatic hydroxyl groups excluding tert-OH is 1.